The van der Waals surface area contributed by atoms with Crippen LogP contribution in [0.15, 0.2) is 48.5 Å². The number of hydrogen-bond donors (Lipinski definition) is 1. The lowest BCUT2D eigenvalue weighted by Crippen LogP contribution is -2.38. The summed E-state index contributed by atoms with van der Waals surface area (Å²) in [6, 6.07) is 12.7. The lowest BCUT2D eigenvalue weighted by Gasteiger charge is -2.23. The Morgan fingerprint density at radius 3 is 2.34 bits per heavy atom. The number of ether oxygens (including phenoxy) is 2. The van der Waals surface area contributed by atoms with Crippen molar-refractivity contribution in [2.24, 2.45) is 0 Å². The van der Waals surface area contributed by atoms with Gasteiger partial charge in [0, 0.05) is 6.54 Å². The van der Waals surface area contributed by atoms with Crippen molar-refractivity contribution in [2.45, 2.75) is 20.0 Å². The number of amides is 1. The van der Waals surface area contributed by atoms with Crippen molar-refractivity contribution in [3.63, 3.8) is 0 Å². The van der Waals surface area contributed by atoms with E-state index in [4.69, 9.17) is 4.74 Å². The molecule has 0 saturated heterocycles. The largest absolute Gasteiger partial charge is 0.454 e. The Bertz CT molecular complexity index is 1030. The fourth-order valence-electron chi connectivity index (χ4n) is 2.77. The Labute approximate surface area is 185 Å². The summed E-state index contributed by atoms with van der Waals surface area (Å²) >= 11 is 0. The van der Waals surface area contributed by atoms with Gasteiger partial charge in [0.25, 0.3) is 5.91 Å². The van der Waals surface area contributed by atoms with Crippen molar-refractivity contribution >= 4 is 27.6 Å². The van der Waals surface area contributed by atoms with E-state index >= 15 is 0 Å². The summed E-state index contributed by atoms with van der Waals surface area (Å²) in [7, 11) is -3.75. The Morgan fingerprint density at radius 1 is 1.09 bits per heavy atom. The SMILES string of the molecule is Cc1ccccc1N(CC(=O)OCC(=O)NCCc1ccc(OC(F)F)cc1)S(C)(=O)=O. The average Bonchev–Trinajstić information content (AvgIpc) is 2.71. The van der Waals surface area contributed by atoms with Gasteiger partial charge in [0.1, 0.15) is 12.3 Å². The van der Waals surface area contributed by atoms with E-state index in [0.717, 1.165) is 16.1 Å². The number of benzene rings is 2. The van der Waals surface area contributed by atoms with Gasteiger partial charge in [0.2, 0.25) is 10.0 Å². The number of carbonyl (C=O) groups excluding carboxylic acids is 2. The van der Waals surface area contributed by atoms with Gasteiger partial charge in [0.05, 0.1) is 11.9 Å². The monoisotopic (exact) mass is 470 g/mol. The van der Waals surface area contributed by atoms with Gasteiger partial charge in [-0.1, -0.05) is 30.3 Å². The van der Waals surface area contributed by atoms with E-state index in [9.17, 15) is 26.8 Å². The number of esters is 1. The molecule has 2 rings (SSSR count). The molecular weight excluding hydrogens is 446 g/mol. The van der Waals surface area contributed by atoms with Crippen LogP contribution in [0.5, 0.6) is 5.75 Å². The van der Waals surface area contributed by atoms with Crippen molar-refractivity contribution in [2.75, 3.05) is 30.3 Å². The first-order chi connectivity index (χ1) is 15.1. The minimum absolute atomic E-state index is 0.0357. The van der Waals surface area contributed by atoms with E-state index in [2.05, 4.69) is 10.1 Å². The third-order valence-electron chi connectivity index (χ3n) is 4.31. The highest BCUT2D eigenvalue weighted by molar-refractivity contribution is 7.92. The maximum atomic E-state index is 12.1. The van der Waals surface area contributed by atoms with Crippen molar-refractivity contribution in [1.82, 2.24) is 5.32 Å². The molecule has 0 aliphatic heterocycles. The molecule has 0 aromatic heterocycles. The number of anilines is 1. The van der Waals surface area contributed by atoms with Crippen LogP contribution < -0.4 is 14.4 Å². The molecule has 2 aromatic carbocycles. The zero-order valence-electron chi connectivity index (χ0n) is 17.6. The minimum Gasteiger partial charge on any atom is -0.454 e. The first-order valence-electron chi connectivity index (χ1n) is 9.55. The molecule has 1 N–H and O–H groups in total. The summed E-state index contributed by atoms with van der Waals surface area (Å²) in [6.07, 6.45) is 1.40. The molecule has 0 aliphatic carbocycles. The Hall–Kier alpha value is -3.21. The van der Waals surface area contributed by atoms with Gasteiger partial charge in [-0.25, -0.2) is 8.42 Å². The molecule has 1 amide bonds. The molecule has 0 saturated carbocycles. The van der Waals surface area contributed by atoms with Crippen LogP contribution in [0, 0.1) is 6.92 Å². The van der Waals surface area contributed by atoms with Crippen LogP contribution in [0.3, 0.4) is 0 Å². The van der Waals surface area contributed by atoms with Gasteiger partial charge in [-0.15, -0.1) is 0 Å². The summed E-state index contributed by atoms with van der Waals surface area (Å²) in [5, 5.41) is 2.56. The summed E-state index contributed by atoms with van der Waals surface area (Å²) in [6.45, 7) is -2.09. The van der Waals surface area contributed by atoms with Crippen LogP contribution in [0.25, 0.3) is 0 Å². The van der Waals surface area contributed by atoms with E-state index in [-0.39, 0.29) is 12.3 Å². The molecule has 0 radical (unpaired) electrons. The Kier molecular flexibility index (Phi) is 8.94. The van der Waals surface area contributed by atoms with Crippen LogP contribution in [0.2, 0.25) is 0 Å². The van der Waals surface area contributed by atoms with Crippen LogP contribution in [-0.4, -0.2) is 52.9 Å². The highest BCUT2D eigenvalue weighted by atomic mass is 32.2. The topological polar surface area (TPSA) is 102 Å². The quantitative estimate of drug-likeness (QED) is 0.506. The summed E-state index contributed by atoms with van der Waals surface area (Å²) in [4.78, 5) is 24.0. The van der Waals surface area contributed by atoms with Crippen LogP contribution in [0.4, 0.5) is 14.5 Å². The number of sulfonamides is 1. The number of aryl methyl sites for hydroxylation is 1. The summed E-state index contributed by atoms with van der Waals surface area (Å²) in [5.74, 6) is -1.39. The van der Waals surface area contributed by atoms with Crippen molar-refractivity contribution < 1.29 is 36.3 Å². The molecule has 0 bridgehead atoms. The highest BCUT2D eigenvalue weighted by Crippen LogP contribution is 2.21. The number of alkyl halides is 2. The second-order valence-corrected chi connectivity index (χ2v) is 8.75. The van der Waals surface area contributed by atoms with Crippen LogP contribution in [-0.2, 0) is 30.8 Å². The van der Waals surface area contributed by atoms with Crippen molar-refractivity contribution in [3.05, 3.63) is 59.7 Å². The molecule has 0 unspecified atom stereocenters. The zero-order chi connectivity index (χ0) is 23.7. The highest BCUT2D eigenvalue weighted by Gasteiger charge is 2.23. The van der Waals surface area contributed by atoms with Crippen molar-refractivity contribution in [3.8, 4) is 5.75 Å². The van der Waals surface area contributed by atoms with E-state index < -0.39 is 41.7 Å². The number of carbonyl (C=O) groups is 2. The maximum Gasteiger partial charge on any atom is 0.387 e. The molecule has 2 aromatic rings. The molecule has 8 nitrogen and oxygen atoms in total. The second kappa shape index (κ2) is 11.4. The van der Waals surface area contributed by atoms with Gasteiger partial charge in [-0.2, -0.15) is 8.78 Å². The predicted octanol–water partition coefficient (Wildman–Crippen LogP) is 2.26. The van der Waals surface area contributed by atoms with Gasteiger partial charge in [-0.05, 0) is 42.7 Å². The first-order valence-corrected chi connectivity index (χ1v) is 11.4. The van der Waals surface area contributed by atoms with Gasteiger partial charge < -0.3 is 14.8 Å². The summed E-state index contributed by atoms with van der Waals surface area (Å²) in [5.41, 5.74) is 1.80. The molecule has 0 spiro atoms. The molecule has 11 heteroatoms. The fraction of sp³-hybridized carbons (Fsp3) is 0.333. The maximum absolute atomic E-state index is 12.1. The number of para-hydroxylation sites is 1. The number of nitrogens with zero attached hydrogens (tertiary/aromatic N) is 1. The van der Waals surface area contributed by atoms with E-state index in [1.807, 2.05) is 0 Å². The van der Waals surface area contributed by atoms with Crippen LogP contribution in [0.1, 0.15) is 11.1 Å². The van der Waals surface area contributed by atoms with E-state index in [0.29, 0.717) is 17.7 Å². The van der Waals surface area contributed by atoms with Crippen LogP contribution >= 0.6 is 0 Å². The predicted molar refractivity (Wildman–Crippen MR) is 114 cm³/mol. The third kappa shape index (κ3) is 8.14. The molecule has 0 heterocycles. The van der Waals surface area contributed by atoms with E-state index in [1.54, 1.807) is 43.3 Å². The standard InChI is InChI=1S/C21H24F2N2O6S/c1-15-5-3-4-6-18(15)25(32(2,28)29)13-20(27)30-14-19(26)24-12-11-16-7-9-17(10-8-16)31-21(22)23/h3-10,21H,11-14H2,1-2H3,(H,24,26). The van der Waals surface area contributed by atoms with Gasteiger partial charge in [0.15, 0.2) is 6.61 Å². The first kappa shape index (κ1) is 25.1. The zero-order valence-corrected chi connectivity index (χ0v) is 18.4. The smallest absolute Gasteiger partial charge is 0.387 e. The lowest BCUT2D eigenvalue weighted by atomic mass is 10.1. The third-order valence-corrected chi connectivity index (χ3v) is 5.43. The average molecular weight is 470 g/mol. The van der Waals surface area contributed by atoms with Gasteiger partial charge >= 0.3 is 12.6 Å². The second-order valence-electron chi connectivity index (χ2n) is 6.84. The van der Waals surface area contributed by atoms with Gasteiger partial charge in [-0.3, -0.25) is 13.9 Å². The fourth-order valence-corrected chi connectivity index (χ4v) is 3.67. The van der Waals surface area contributed by atoms with E-state index in [1.165, 1.54) is 12.1 Å². The normalized spacial score (nSPS) is 11.2. The molecule has 32 heavy (non-hydrogen) atoms. The molecular formula is C21H24F2N2O6S. The number of rotatable bonds is 11. The molecule has 0 fully saturated rings. The Balaban J connectivity index is 1.79. The number of hydrogen-bond acceptors (Lipinski definition) is 6. The summed E-state index contributed by atoms with van der Waals surface area (Å²) < 4.78 is 58.6. The molecule has 0 atom stereocenters. The Morgan fingerprint density at radius 2 is 1.75 bits per heavy atom. The number of nitrogens with one attached hydrogen (secondary N) is 1. The minimum atomic E-state index is -3.75. The molecule has 0 aliphatic rings. The number of halogens is 2. The molecule has 174 valence electrons. The van der Waals surface area contributed by atoms with Crippen molar-refractivity contribution in [1.29, 1.82) is 0 Å². The lowest BCUT2D eigenvalue weighted by molar-refractivity contribution is -0.147.